The van der Waals surface area contributed by atoms with E-state index in [1.807, 2.05) is 47.8 Å². The van der Waals surface area contributed by atoms with Gasteiger partial charge in [-0.15, -0.1) is 0 Å². The molecule has 0 radical (unpaired) electrons. The SMILES string of the molecule is C=Cc1ccc(Cn2cc[n+](C)c2)cc1.C=Cc1ccc(Cn2cc[n+](C)c2)cc1.F[B-](F)(F)F.F[P-](F)(F)(F)(F)F. The van der Waals surface area contributed by atoms with E-state index in [-0.39, 0.29) is 0 Å². The van der Waals surface area contributed by atoms with Gasteiger partial charge in [-0.2, -0.15) is 0 Å². The number of aryl methyl sites for hydroxylation is 2. The Labute approximate surface area is 236 Å². The van der Waals surface area contributed by atoms with E-state index in [1.54, 1.807) is 0 Å². The van der Waals surface area contributed by atoms with Gasteiger partial charge in [-0.25, -0.2) is 18.3 Å². The molecule has 0 saturated carbocycles. The number of halogens is 10. The third kappa shape index (κ3) is 21.0. The first kappa shape index (κ1) is 36.2. The predicted molar refractivity (Wildman–Crippen MR) is 146 cm³/mol. The summed E-state index contributed by atoms with van der Waals surface area (Å²) in [7, 11) is -12.6. The summed E-state index contributed by atoms with van der Waals surface area (Å²) in [5.74, 6) is 0. The Morgan fingerprint density at radius 1 is 0.643 bits per heavy atom. The van der Waals surface area contributed by atoms with Crippen LogP contribution in [0, 0.1) is 0 Å². The van der Waals surface area contributed by atoms with E-state index in [2.05, 4.69) is 95.9 Å². The Hall–Kier alpha value is -3.87. The van der Waals surface area contributed by atoms with Gasteiger partial charge in [0.1, 0.15) is 37.9 Å². The molecule has 0 N–H and O–H groups in total. The number of hydrogen-bond donors (Lipinski definition) is 0. The number of rotatable bonds is 6. The summed E-state index contributed by atoms with van der Waals surface area (Å²) >= 11 is 0. The molecular formula is C26H30BF10N4P. The van der Waals surface area contributed by atoms with Crippen molar-refractivity contribution in [3.63, 3.8) is 0 Å². The van der Waals surface area contributed by atoms with Gasteiger partial charge in [0.25, 0.3) is 0 Å². The Morgan fingerprint density at radius 2 is 0.905 bits per heavy atom. The van der Waals surface area contributed by atoms with Gasteiger partial charge in [-0.05, 0) is 22.3 Å². The molecule has 2 aromatic carbocycles. The maximum atomic E-state index is 9.87. The Kier molecular flexibility index (Phi) is 11.9. The van der Waals surface area contributed by atoms with Crippen LogP contribution in [0.4, 0.5) is 42.4 Å². The van der Waals surface area contributed by atoms with E-state index < -0.39 is 15.1 Å². The van der Waals surface area contributed by atoms with E-state index in [0.29, 0.717) is 0 Å². The number of imidazole rings is 2. The maximum absolute atomic E-state index is 10.7. The summed E-state index contributed by atoms with van der Waals surface area (Å²) in [6.07, 6.45) is 16.1. The second-order valence-corrected chi connectivity index (χ2v) is 10.8. The Balaban J connectivity index is 0.000000308. The van der Waals surface area contributed by atoms with Gasteiger partial charge < -0.3 is 17.3 Å². The van der Waals surface area contributed by atoms with Crippen molar-refractivity contribution in [2.24, 2.45) is 14.1 Å². The third-order valence-electron chi connectivity index (χ3n) is 4.81. The van der Waals surface area contributed by atoms with Gasteiger partial charge in [-0.1, -0.05) is 73.8 Å². The number of nitrogens with zero attached hydrogens (tertiary/aromatic N) is 4. The van der Waals surface area contributed by atoms with Crippen molar-refractivity contribution in [2.45, 2.75) is 13.1 Å². The van der Waals surface area contributed by atoms with Crippen LogP contribution in [0.25, 0.3) is 12.2 Å². The predicted octanol–water partition coefficient (Wildman–Crippen LogP) is 8.69. The molecule has 0 fully saturated rings. The van der Waals surface area contributed by atoms with Crippen LogP contribution in [0.15, 0.2) is 99.1 Å². The average Bonchev–Trinajstić information content (AvgIpc) is 3.44. The van der Waals surface area contributed by atoms with Gasteiger partial charge in [-0.3, -0.25) is 0 Å². The minimum absolute atomic E-state index is 0.915. The van der Waals surface area contributed by atoms with Gasteiger partial charge >= 0.3 is 40.2 Å². The molecule has 0 atom stereocenters. The fourth-order valence-electron chi connectivity index (χ4n) is 3.13. The van der Waals surface area contributed by atoms with Crippen LogP contribution in [-0.4, -0.2) is 16.4 Å². The van der Waals surface area contributed by atoms with Gasteiger partial charge in [0, 0.05) is 0 Å². The molecule has 16 heteroatoms. The van der Waals surface area contributed by atoms with Crippen LogP contribution >= 0.6 is 7.81 Å². The van der Waals surface area contributed by atoms with Crippen LogP contribution in [0.3, 0.4) is 0 Å². The summed E-state index contributed by atoms with van der Waals surface area (Å²) in [6.45, 7) is 9.31. The molecule has 0 aliphatic rings. The summed E-state index contributed by atoms with van der Waals surface area (Å²) < 4.78 is 107. The first-order chi connectivity index (χ1) is 19.0. The number of benzene rings is 2. The quantitative estimate of drug-likeness (QED) is 0.0879. The first-order valence-electron chi connectivity index (χ1n) is 11.9. The van der Waals surface area contributed by atoms with Gasteiger partial charge in [0.15, 0.2) is 0 Å². The molecule has 232 valence electrons. The molecule has 0 amide bonds. The average molecular weight is 630 g/mol. The van der Waals surface area contributed by atoms with E-state index in [1.165, 1.54) is 11.1 Å². The molecule has 2 aromatic heterocycles. The standard InChI is InChI=1S/2C13H15N2.BF4.F6P/c2*1-3-12-4-6-13(7-5-12)10-15-9-8-14(2)11-15;2-1(3,4)5;1-7(2,3,4,5)6/h2*3-9,11H,1,10H2,2H3;;/q2*+1;2*-1. The van der Waals surface area contributed by atoms with E-state index in [9.17, 15) is 42.4 Å². The minimum atomic E-state index is -10.7. The van der Waals surface area contributed by atoms with Crippen molar-refractivity contribution in [3.05, 3.63) is 121 Å². The molecule has 42 heavy (non-hydrogen) atoms. The van der Waals surface area contributed by atoms with Crippen LogP contribution in [0.1, 0.15) is 22.3 Å². The Bertz CT molecular complexity index is 1300. The van der Waals surface area contributed by atoms with Crippen molar-refractivity contribution in [3.8, 4) is 0 Å². The molecule has 4 aromatic rings. The van der Waals surface area contributed by atoms with Crippen molar-refractivity contribution in [1.29, 1.82) is 0 Å². The topological polar surface area (TPSA) is 17.6 Å². The molecule has 0 saturated heterocycles. The monoisotopic (exact) mass is 630 g/mol. The molecule has 0 aliphatic heterocycles. The molecule has 0 spiro atoms. The molecule has 2 heterocycles. The zero-order chi connectivity index (χ0) is 32.3. The summed E-state index contributed by atoms with van der Waals surface area (Å²) in [4.78, 5) is 0. The molecule has 0 aliphatic carbocycles. The molecule has 0 bridgehead atoms. The molecule has 4 rings (SSSR count). The van der Waals surface area contributed by atoms with Crippen molar-refractivity contribution >= 4 is 27.2 Å². The normalized spacial score (nSPS) is 12.6. The fraction of sp³-hybridized carbons (Fsp3) is 0.154. The first-order valence-corrected chi connectivity index (χ1v) is 13.9. The van der Waals surface area contributed by atoms with Crippen LogP contribution in [-0.2, 0) is 27.2 Å². The van der Waals surface area contributed by atoms with Gasteiger partial charge in [0.05, 0.1) is 14.1 Å². The van der Waals surface area contributed by atoms with Crippen molar-refractivity contribution < 1.29 is 51.6 Å². The Morgan fingerprint density at radius 3 is 1.10 bits per heavy atom. The second kappa shape index (κ2) is 13.9. The summed E-state index contributed by atoms with van der Waals surface area (Å²) in [5.41, 5.74) is 4.93. The van der Waals surface area contributed by atoms with Crippen LogP contribution in [0.2, 0.25) is 0 Å². The van der Waals surface area contributed by atoms with Crippen LogP contribution < -0.4 is 9.13 Å². The second-order valence-electron chi connectivity index (χ2n) is 8.85. The van der Waals surface area contributed by atoms with Crippen LogP contribution in [0.5, 0.6) is 0 Å². The van der Waals surface area contributed by atoms with E-state index >= 15 is 0 Å². The molecule has 4 nitrogen and oxygen atoms in total. The van der Waals surface area contributed by atoms with E-state index in [0.717, 1.165) is 24.2 Å². The fourth-order valence-corrected chi connectivity index (χ4v) is 3.13. The third-order valence-corrected chi connectivity index (χ3v) is 4.81. The number of hydrogen-bond acceptors (Lipinski definition) is 0. The van der Waals surface area contributed by atoms with E-state index in [4.69, 9.17) is 0 Å². The van der Waals surface area contributed by atoms with Crippen molar-refractivity contribution in [2.75, 3.05) is 0 Å². The van der Waals surface area contributed by atoms with Crippen molar-refractivity contribution in [1.82, 2.24) is 9.13 Å². The summed E-state index contributed by atoms with van der Waals surface area (Å²) in [5, 5.41) is 0. The molecule has 0 unspecified atom stereocenters. The zero-order valence-corrected chi connectivity index (χ0v) is 23.6. The molecular weight excluding hydrogens is 600 g/mol. The summed E-state index contributed by atoms with van der Waals surface area (Å²) in [6, 6.07) is 16.9. The van der Waals surface area contributed by atoms with Gasteiger partial charge in [0.2, 0.25) is 12.7 Å². The zero-order valence-electron chi connectivity index (χ0n) is 22.7. The number of aromatic nitrogens is 4.